The SMILES string of the molecule is CCOC(=O)c1c(NC(=O)c2ccc(-c3cc(C(F)(F)F)ccc3Cl)o2)sc2c1CCCC2. The second kappa shape index (κ2) is 9.23. The van der Waals surface area contributed by atoms with Crippen LogP contribution in [-0.4, -0.2) is 18.5 Å². The first-order chi connectivity index (χ1) is 15.7. The number of carbonyl (C=O) groups excluding carboxylic acids is 2. The van der Waals surface area contributed by atoms with Crippen molar-refractivity contribution in [2.24, 2.45) is 0 Å². The van der Waals surface area contributed by atoms with Crippen LogP contribution in [0.4, 0.5) is 18.2 Å². The molecule has 0 spiro atoms. The van der Waals surface area contributed by atoms with Crippen LogP contribution in [0, 0.1) is 0 Å². The monoisotopic (exact) mass is 497 g/mol. The summed E-state index contributed by atoms with van der Waals surface area (Å²) >= 11 is 7.39. The van der Waals surface area contributed by atoms with Gasteiger partial charge in [-0.2, -0.15) is 13.2 Å². The van der Waals surface area contributed by atoms with Gasteiger partial charge in [-0.05, 0) is 68.5 Å². The maximum absolute atomic E-state index is 13.1. The molecule has 10 heteroatoms. The van der Waals surface area contributed by atoms with Crippen LogP contribution in [0.2, 0.25) is 5.02 Å². The molecule has 1 aliphatic rings. The number of furan rings is 1. The van der Waals surface area contributed by atoms with E-state index >= 15 is 0 Å². The van der Waals surface area contributed by atoms with Crippen LogP contribution >= 0.6 is 22.9 Å². The molecule has 0 radical (unpaired) electrons. The molecule has 0 saturated carbocycles. The standard InChI is InChI=1S/C23H19ClF3NO4S/c1-2-31-22(30)19-13-5-3-4-6-18(13)33-21(19)28-20(29)17-10-9-16(32-17)14-11-12(23(25,26)27)7-8-15(14)24/h7-11H,2-6H2,1H3,(H,28,29). The quantitative estimate of drug-likeness (QED) is 0.386. The number of fused-ring (bicyclic) bond motifs is 1. The van der Waals surface area contributed by atoms with Crippen molar-refractivity contribution in [1.82, 2.24) is 0 Å². The van der Waals surface area contributed by atoms with Gasteiger partial charge in [0.05, 0.1) is 22.8 Å². The summed E-state index contributed by atoms with van der Waals surface area (Å²) < 4.78 is 49.9. The van der Waals surface area contributed by atoms with Crippen molar-refractivity contribution < 1.29 is 31.9 Å². The highest BCUT2D eigenvalue weighted by Gasteiger charge is 2.32. The van der Waals surface area contributed by atoms with Crippen molar-refractivity contribution in [2.75, 3.05) is 11.9 Å². The van der Waals surface area contributed by atoms with E-state index in [-0.39, 0.29) is 28.7 Å². The van der Waals surface area contributed by atoms with Crippen LogP contribution in [0.3, 0.4) is 0 Å². The van der Waals surface area contributed by atoms with Crippen molar-refractivity contribution in [2.45, 2.75) is 38.8 Å². The van der Waals surface area contributed by atoms with Gasteiger partial charge in [-0.25, -0.2) is 4.79 Å². The van der Waals surface area contributed by atoms with Gasteiger partial charge in [0, 0.05) is 10.4 Å². The first-order valence-corrected chi connectivity index (χ1v) is 11.5. The predicted octanol–water partition coefficient (Wildman–Crippen LogP) is 6.99. The molecule has 0 saturated heterocycles. The Hall–Kier alpha value is -2.78. The van der Waals surface area contributed by atoms with Gasteiger partial charge in [0.1, 0.15) is 10.8 Å². The second-order valence-corrected chi connectivity index (χ2v) is 8.96. The van der Waals surface area contributed by atoms with Crippen molar-refractivity contribution >= 4 is 39.8 Å². The van der Waals surface area contributed by atoms with E-state index in [0.29, 0.717) is 10.6 Å². The normalized spacial score (nSPS) is 13.5. The van der Waals surface area contributed by atoms with Gasteiger partial charge in [0.25, 0.3) is 5.91 Å². The summed E-state index contributed by atoms with van der Waals surface area (Å²) in [4.78, 5) is 26.4. The van der Waals surface area contributed by atoms with Gasteiger partial charge in [0.15, 0.2) is 5.76 Å². The van der Waals surface area contributed by atoms with E-state index in [4.69, 9.17) is 20.8 Å². The average molecular weight is 498 g/mol. The summed E-state index contributed by atoms with van der Waals surface area (Å²) in [6, 6.07) is 5.59. The summed E-state index contributed by atoms with van der Waals surface area (Å²) in [7, 11) is 0. The fourth-order valence-corrected chi connectivity index (χ4v) is 5.22. The second-order valence-electron chi connectivity index (χ2n) is 7.45. The number of aryl methyl sites for hydroxylation is 1. The molecule has 0 atom stereocenters. The van der Waals surface area contributed by atoms with Gasteiger partial charge in [-0.15, -0.1) is 11.3 Å². The number of carbonyl (C=O) groups is 2. The number of halogens is 4. The van der Waals surface area contributed by atoms with Crippen molar-refractivity contribution in [3.05, 3.63) is 62.7 Å². The van der Waals surface area contributed by atoms with E-state index in [1.165, 1.54) is 23.5 Å². The number of esters is 1. The van der Waals surface area contributed by atoms with Crippen LogP contribution in [0.1, 0.15) is 56.7 Å². The maximum atomic E-state index is 13.1. The number of ether oxygens (including phenoxy) is 1. The molecular weight excluding hydrogens is 479 g/mol. The summed E-state index contributed by atoms with van der Waals surface area (Å²) in [5.41, 5.74) is 0.394. The van der Waals surface area contributed by atoms with Crippen LogP contribution < -0.4 is 5.32 Å². The maximum Gasteiger partial charge on any atom is 0.416 e. The largest absolute Gasteiger partial charge is 0.462 e. The highest BCUT2D eigenvalue weighted by Crippen LogP contribution is 2.40. The zero-order valence-corrected chi connectivity index (χ0v) is 19.0. The van der Waals surface area contributed by atoms with E-state index in [0.717, 1.165) is 54.3 Å². The lowest BCUT2D eigenvalue weighted by Crippen LogP contribution is -2.15. The third kappa shape index (κ3) is 4.79. The molecule has 174 valence electrons. The Morgan fingerprint density at radius 2 is 1.94 bits per heavy atom. The number of rotatable bonds is 5. The van der Waals surface area contributed by atoms with Gasteiger partial charge >= 0.3 is 12.1 Å². The fraction of sp³-hybridized carbons (Fsp3) is 0.304. The Morgan fingerprint density at radius 3 is 2.67 bits per heavy atom. The molecule has 1 aliphatic carbocycles. The average Bonchev–Trinajstić information content (AvgIpc) is 3.38. The molecule has 3 aromatic rings. The third-order valence-corrected chi connectivity index (χ3v) is 6.80. The Morgan fingerprint density at radius 1 is 1.18 bits per heavy atom. The number of hydrogen-bond acceptors (Lipinski definition) is 5. The number of amides is 1. The van der Waals surface area contributed by atoms with Crippen molar-refractivity contribution in [3.63, 3.8) is 0 Å². The first kappa shape index (κ1) is 23.4. The Balaban J connectivity index is 1.62. The topological polar surface area (TPSA) is 68.5 Å². The highest BCUT2D eigenvalue weighted by molar-refractivity contribution is 7.17. The van der Waals surface area contributed by atoms with Gasteiger partial charge in [-0.1, -0.05) is 11.6 Å². The lowest BCUT2D eigenvalue weighted by molar-refractivity contribution is -0.137. The molecule has 1 aromatic carbocycles. The minimum absolute atomic E-state index is 0.0179. The number of nitrogens with one attached hydrogen (secondary N) is 1. The number of anilines is 1. The first-order valence-electron chi connectivity index (χ1n) is 10.3. The summed E-state index contributed by atoms with van der Waals surface area (Å²) in [6.07, 6.45) is -1.05. The number of hydrogen-bond donors (Lipinski definition) is 1. The molecule has 0 aliphatic heterocycles. The molecule has 2 aromatic heterocycles. The molecule has 1 amide bonds. The third-order valence-electron chi connectivity index (χ3n) is 5.27. The van der Waals surface area contributed by atoms with Crippen LogP contribution in [-0.2, 0) is 23.8 Å². The van der Waals surface area contributed by atoms with Crippen LogP contribution in [0.5, 0.6) is 0 Å². The molecule has 0 unspecified atom stereocenters. The summed E-state index contributed by atoms with van der Waals surface area (Å²) in [6.45, 7) is 1.91. The fourth-order valence-electron chi connectivity index (χ4n) is 3.73. The molecular formula is C23H19ClF3NO4S. The molecule has 33 heavy (non-hydrogen) atoms. The zero-order valence-electron chi connectivity index (χ0n) is 17.5. The number of benzene rings is 1. The van der Waals surface area contributed by atoms with Crippen molar-refractivity contribution in [3.8, 4) is 11.3 Å². The van der Waals surface area contributed by atoms with E-state index in [1.807, 2.05) is 0 Å². The van der Waals surface area contributed by atoms with Crippen molar-refractivity contribution in [1.29, 1.82) is 0 Å². The molecule has 0 bridgehead atoms. The lowest BCUT2D eigenvalue weighted by atomic mass is 9.95. The molecule has 4 rings (SSSR count). The zero-order chi connectivity index (χ0) is 23.8. The van der Waals surface area contributed by atoms with Crippen LogP contribution in [0.15, 0.2) is 34.7 Å². The van der Waals surface area contributed by atoms with Gasteiger partial charge in [0.2, 0.25) is 0 Å². The minimum Gasteiger partial charge on any atom is -0.462 e. The Bertz CT molecular complexity index is 1220. The number of thiophene rings is 1. The summed E-state index contributed by atoms with van der Waals surface area (Å²) in [5, 5.41) is 3.14. The Labute approximate surface area is 196 Å². The lowest BCUT2D eigenvalue weighted by Gasteiger charge is -2.12. The molecule has 5 nitrogen and oxygen atoms in total. The minimum atomic E-state index is -4.55. The van der Waals surface area contributed by atoms with E-state index in [9.17, 15) is 22.8 Å². The number of alkyl halides is 3. The van der Waals surface area contributed by atoms with Crippen LogP contribution in [0.25, 0.3) is 11.3 Å². The molecule has 0 fully saturated rings. The molecule has 2 heterocycles. The van der Waals surface area contributed by atoms with E-state index in [2.05, 4.69) is 5.32 Å². The summed E-state index contributed by atoms with van der Waals surface area (Å²) in [5.74, 6) is -1.23. The Kier molecular flexibility index (Phi) is 6.54. The van der Waals surface area contributed by atoms with Gasteiger partial charge < -0.3 is 14.5 Å². The highest BCUT2D eigenvalue weighted by atomic mass is 35.5. The van der Waals surface area contributed by atoms with E-state index < -0.39 is 23.6 Å². The van der Waals surface area contributed by atoms with E-state index in [1.54, 1.807) is 6.92 Å². The van der Waals surface area contributed by atoms with Gasteiger partial charge in [-0.3, -0.25) is 4.79 Å². The smallest absolute Gasteiger partial charge is 0.416 e. The predicted molar refractivity (Wildman–Crippen MR) is 119 cm³/mol. The molecule has 1 N–H and O–H groups in total.